The van der Waals surface area contributed by atoms with Crippen molar-refractivity contribution in [3.63, 3.8) is 0 Å². The molecule has 0 aliphatic carbocycles. The molecule has 1 unspecified atom stereocenters. The van der Waals surface area contributed by atoms with E-state index >= 15 is 0 Å². The average molecular weight is 344 g/mol. The SMILES string of the molecule is CCCn1nc(C(=O)N2CCCC(n3nc(C)nc3C)C2)ccc1=O. The molecule has 0 N–H and O–H groups in total. The van der Waals surface area contributed by atoms with Crippen molar-refractivity contribution < 1.29 is 4.79 Å². The van der Waals surface area contributed by atoms with Crippen molar-refractivity contribution in [1.29, 1.82) is 0 Å². The Morgan fingerprint density at radius 1 is 1.28 bits per heavy atom. The number of carbonyl (C=O) groups is 1. The maximum Gasteiger partial charge on any atom is 0.274 e. The van der Waals surface area contributed by atoms with Crippen molar-refractivity contribution in [2.75, 3.05) is 13.1 Å². The van der Waals surface area contributed by atoms with Crippen molar-refractivity contribution in [2.24, 2.45) is 0 Å². The number of nitrogens with zero attached hydrogens (tertiary/aromatic N) is 6. The van der Waals surface area contributed by atoms with E-state index in [1.165, 1.54) is 16.8 Å². The Morgan fingerprint density at radius 2 is 2.08 bits per heavy atom. The number of hydrogen-bond acceptors (Lipinski definition) is 5. The van der Waals surface area contributed by atoms with E-state index in [-0.39, 0.29) is 17.5 Å². The third-order valence-electron chi connectivity index (χ3n) is 4.46. The smallest absolute Gasteiger partial charge is 0.274 e. The zero-order valence-electron chi connectivity index (χ0n) is 15.0. The highest BCUT2D eigenvalue weighted by Gasteiger charge is 2.28. The highest BCUT2D eigenvalue weighted by atomic mass is 16.2. The van der Waals surface area contributed by atoms with Crippen molar-refractivity contribution in [3.8, 4) is 0 Å². The Hall–Kier alpha value is -2.51. The van der Waals surface area contributed by atoms with Crippen LogP contribution in [0.5, 0.6) is 0 Å². The first-order chi connectivity index (χ1) is 12.0. The number of rotatable bonds is 4. The molecule has 2 aromatic rings. The van der Waals surface area contributed by atoms with Gasteiger partial charge in [0.1, 0.15) is 17.3 Å². The summed E-state index contributed by atoms with van der Waals surface area (Å²) in [6, 6.07) is 3.06. The summed E-state index contributed by atoms with van der Waals surface area (Å²) >= 11 is 0. The van der Waals surface area contributed by atoms with Crippen molar-refractivity contribution in [1.82, 2.24) is 29.4 Å². The second-order valence-corrected chi connectivity index (χ2v) is 6.48. The van der Waals surface area contributed by atoms with E-state index < -0.39 is 0 Å². The fraction of sp³-hybridized carbons (Fsp3) is 0.588. The first-order valence-corrected chi connectivity index (χ1v) is 8.76. The topological polar surface area (TPSA) is 85.9 Å². The summed E-state index contributed by atoms with van der Waals surface area (Å²) in [5.41, 5.74) is 0.142. The molecule has 0 radical (unpaired) electrons. The predicted octanol–water partition coefficient (Wildman–Crippen LogP) is 1.34. The summed E-state index contributed by atoms with van der Waals surface area (Å²) in [6.45, 7) is 7.56. The van der Waals surface area contributed by atoms with Gasteiger partial charge in [-0.1, -0.05) is 6.92 Å². The number of amides is 1. The molecule has 8 heteroatoms. The summed E-state index contributed by atoms with van der Waals surface area (Å²) in [5, 5.41) is 8.69. The summed E-state index contributed by atoms with van der Waals surface area (Å²) in [7, 11) is 0. The van der Waals surface area contributed by atoms with Gasteiger partial charge in [-0.3, -0.25) is 9.59 Å². The summed E-state index contributed by atoms with van der Waals surface area (Å²) in [5.74, 6) is 1.48. The number of carbonyl (C=O) groups excluding carboxylic acids is 1. The average Bonchev–Trinajstić information content (AvgIpc) is 2.95. The first kappa shape index (κ1) is 17.3. The van der Waals surface area contributed by atoms with Crippen LogP contribution >= 0.6 is 0 Å². The highest BCUT2D eigenvalue weighted by molar-refractivity contribution is 5.92. The standard InChI is InChI=1S/C17H24N6O2/c1-4-9-22-16(24)8-7-15(20-22)17(25)21-10-5-6-14(11-21)23-13(3)18-12(2)19-23/h7-8,14H,4-6,9-11H2,1-3H3. The lowest BCUT2D eigenvalue weighted by Gasteiger charge is -2.32. The second-order valence-electron chi connectivity index (χ2n) is 6.48. The third kappa shape index (κ3) is 3.62. The quantitative estimate of drug-likeness (QED) is 0.835. The second kappa shape index (κ2) is 7.16. The molecule has 134 valence electrons. The van der Waals surface area contributed by atoms with Crippen LogP contribution in [0.4, 0.5) is 0 Å². The van der Waals surface area contributed by atoms with Crippen LogP contribution in [0, 0.1) is 13.8 Å². The normalized spacial score (nSPS) is 17.7. The van der Waals surface area contributed by atoms with Gasteiger partial charge >= 0.3 is 0 Å². The molecule has 1 atom stereocenters. The zero-order chi connectivity index (χ0) is 18.0. The number of piperidine rings is 1. The Kier molecular flexibility index (Phi) is 4.96. The molecule has 0 aromatic carbocycles. The maximum atomic E-state index is 12.8. The van der Waals surface area contributed by atoms with Gasteiger partial charge in [-0.15, -0.1) is 0 Å². The molecule has 1 fully saturated rings. The Morgan fingerprint density at radius 3 is 2.76 bits per heavy atom. The fourth-order valence-electron chi connectivity index (χ4n) is 3.32. The molecule has 1 aliphatic rings. The number of aromatic nitrogens is 5. The van der Waals surface area contributed by atoms with Gasteiger partial charge in [0, 0.05) is 25.7 Å². The number of aryl methyl sites for hydroxylation is 3. The van der Waals surface area contributed by atoms with E-state index in [0.717, 1.165) is 30.9 Å². The van der Waals surface area contributed by atoms with Gasteiger partial charge in [-0.25, -0.2) is 14.3 Å². The van der Waals surface area contributed by atoms with Crippen LogP contribution in [0.25, 0.3) is 0 Å². The van der Waals surface area contributed by atoms with E-state index in [4.69, 9.17) is 0 Å². The van der Waals surface area contributed by atoms with E-state index in [1.54, 1.807) is 4.90 Å². The molecule has 1 saturated heterocycles. The molecule has 25 heavy (non-hydrogen) atoms. The van der Waals surface area contributed by atoms with E-state index in [1.807, 2.05) is 25.5 Å². The van der Waals surface area contributed by atoms with E-state index in [0.29, 0.717) is 25.3 Å². The van der Waals surface area contributed by atoms with Crippen LogP contribution in [0.1, 0.15) is 54.4 Å². The van der Waals surface area contributed by atoms with Crippen LogP contribution in [0.15, 0.2) is 16.9 Å². The fourth-order valence-corrected chi connectivity index (χ4v) is 3.32. The number of hydrogen-bond donors (Lipinski definition) is 0. The van der Waals surface area contributed by atoms with Crippen LogP contribution in [0.2, 0.25) is 0 Å². The van der Waals surface area contributed by atoms with E-state index in [9.17, 15) is 9.59 Å². The molecular weight excluding hydrogens is 320 g/mol. The minimum atomic E-state index is -0.177. The van der Waals surface area contributed by atoms with Crippen LogP contribution in [-0.2, 0) is 6.54 Å². The zero-order valence-corrected chi connectivity index (χ0v) is 15.0. The Bertz CT molecular complexity index is 825. The molecule has 1 amide bonds. The monoisotopic (exact) mass is 344 g/mol. The van der Waals surface area contributed by atoms with Crippen LogP contribution < -0.4 is 5.56 Å². The molecular formula is C17H24N6O2. The number of likely N-dealkylation sites (tertiary alicyclic amines) is 1. The predicted molar refractivity (Wildman–Crippen MR) is 92.5 cm³/mol. The first-order valence-electron chi connectivity index (χ1n) is 8.76. The summed E-state index contributed by atoms with van der Waals surface area (Å²) < 4.78 is 3.28. The highest BCUT2D eigenvalue weighted by Crippen LogP contribution is 2.23. The lowest BCUT2D eigenvalue weighted by atomic mass is 10.1. The minimum absolute atomic E-state index is 0.125. The largest absolute Gasteiger partial charge is 0.335 e. The van der Waals surface area contributed by atoms with Gasteiger partial charge in [0.2, 0.25) is 0 Å². The molecule has 1 aliphatic heterocycles. The molecule has 0 bridgehead atoms. The van der Waals surface area contributed by atoms with Crippen molar-refractivity contribution in [3.05, 3.63) is 39.8 Å². The van der Waals surface area contributed by atoms with Gasteiger partial charge in [0.05, 0.1) is 6.04 Å². The minimum Gasteiger partial charge on any atom is -0.335 e. The van der Waals surface area contributed by atoms with Crippen molar-refractivity contribution >= 4 is 5.91 Å². The van der Waals surface area contributed by atoms with Gasteiger partial charge in [0.15, 0.2) is 0 Å². The lowest BCUT2D eigenvalue weighted by molar-refractivity contribution is 0.0662. The van der Waals surface area contributed by atoms with Gasteiger partial charge in [-0.05, 0) is 39.2 Å². The molecule has 0 spiro atoms. The molecule has 3 heterocycles. The van der Waals surface area contributed by atoms with Gasteiger partial charge < -0.3 is 4.90 Å². The Labute approximate surface area is 146 Å². The molecule has 2 aromatic heterocycles. The molecule has 0 saturated carbocycles. The van der Waals surface area contributed by atoms with Gasteiger partial charge in [0.25, 0.3) is 11.5 Å². The third-order valence-corrected chi connectivity index (χ3v) is 4.46. The van der Waals surface area contributed by atoms with Gasteiger partial charge in [-0.2, -0.15) is 10.2 Å². The van der Waals surface area contributed by atoms with E-state index in [2.05, 4.69) is 15.2 Å². The molecule has 8 nitrogen and oxygen atoms in total. The summed E-state index contributed by atoms with van der Waals surface area (Å²) in [4.78, 5) is 30.8. The summed E-state index contributed by atoms with van der Waals surface area (Å²) in [6.07, 6.45) is 2.67. The van der Waals surface area contributed by atoms with Crippen LogP contribution in [-0.4, -0.2) is 48.4 Å². The Balaban J connectivity index is 1.79. The lowest BCUT2D eigenvalue weighted by Crippen LogP contribution is -2.42. The maximum absolute atomic E-state index is 12.8. The van der Waals surface area contributed by atoms with Crippen LogP contribution in [0.3, 0.4) is 0 Å². The van der Waals surface area contributed by atoms with Crippen molar-refractivity contribution in [2.45, 2.75) is 52.6 Å². The molecule has 3 rings (SSSR count).